The van der Waals surface area contributed by atoms with E-state index in [0.29, 0.717) is 29.8 Å². The average Bonchev–Trinajstić information content (AvgIpc) is 3.28. The average molecular weight is 519 g/mol. The van der Waals surface area contributed by atoms with Gasteiger partial charge in [-0.2, -0.15) is 0 Å². The van der Waals surface area contributed by atoms with Crippen LogP contribution in [0.4, 0.5) is 0 Å². The third-order valence-corrected chi connectivity index (χ3v) is 16.8. The Balaban J connectivity index is 1.48. The first-order chi connectivity index (χ1) is 16.5. The molecule has 0 aromatic heterocycles. The Morgan fingerprint density at radius 2 is 1.64 bits per heavy atom. The second-order valence-electron chi connectivity index (χ2n) is 15.7. The van der Waals surface area contributed by atoms with Crippen molar-refractivity contribution in [3.63, 3.8) is 0 Å². The number of hydrogen-bond acceptors (Lipinski definition) is 4. The molecule has 4 aliphatic carbocycles. The molecular weight excluding hydrogens is 464 g/mol. The lowest BCUT2D eigenvalue weighted by atomic mass is 9.43. The van der Waals surface area contributed by atoms with Crippen molar-refractivity contribution in [1.29, 1.82) is 0 Å². The zero-order valence-corrected chi connectivity index (χ0v) is 25.9. The van der Waals surface area contributed by atoms with E-state index >= 15 is 0 Å². The first-order valence-corrected chi connectivity index (χ1v) is 17.8. The Morgan fingerprint density at radius 1 is 0.972 bits per heavy atom. The molecule has 0 spiro atoms. The maximum Gasteiger partial charge on any atom is 0.192 e. The summed E-state index contributed by atoms with van der Waals surface area (Å²) in [5.74, 6) is 1.82. The molecule has 0 aromatic rings. The molecule has 5 rings (SSSR count). The molecule has 1 aliphatic heterocycles. The van der Waals surface area contributed by atoms with Crippen molar-refractivity contribution in [3.05, 3.63) is 11.1 Å². The molecule has 0 radical (unpaired) electrons. The van der Waals surface area contributed by atoms with Crippen molar-refractivity contribution in [1.82, 2.24) is 0 Å². The smallest absolute Gasteiger partial charge is 0.192 e. The monoisotopic (exact) mass is 518 g/mol. The Hall–Kier alpha value is -0.203. The number of aliphatic hydroxyl groups is 1. The van der Waals surface area contributed by atoms with Crippen LogP contribution in [0, 0.1) is 34.5 Å². The lowest BCUT2D eigenvalue weighted by Gasteiger charge is -2.63. The summed E-state index contributed by atoms with van der Waals surface area (Å²) < 4.78 is 20.7. The van der Waals surface area contributed by atoms with Crippen LogP contribution in [0.25, 0.3) is 0 Å². The lowest BCUT2D eigenvalue weighted by Crippen LogP contribution is -2.63. The van der Waals surface area contributed by atoms with Crippen molar-refractivity contribution in [2.45, 2.75) is 143 Å². The quantitative estimate of drug-likeness (QED) is 0.311. The van der Waals surface area contributed by atoms with Gasteiger partial charge in [0.25, 0.3) is 0 Å². The first-order valence-electron chi connectivity index (χ1n) is 14.9. The molecular formula is C31H54O4Si. The summed E-state index contributed by atoms with van der Waals surface area (Å²) in [6, 6.07) is 0. The zero-order valence-electron chi connectivity index (χ0n) is 24.9. The van der Waals surface area contributed by atoms with Crippen molar-refractivity contribution in [2.24, 2.45) is 34.5 Å². The summed E-state index contributed by atoms with van der Waals surface area (Å²) in [5, 5.41) is 10.2. The van der Waals surface area contributed by atoms with Gasteiger partial charge in [0.1, 0.15) is 0 Å². The second-order valence-corrected chi connectivity index (χ2v) is 20.4. The number of fused-ring (bicyclic) bond motifs is 8. The molecule has 4 saturated carbocycles. The van der Waals surface area contributed by atoms with Gasteiger partial charge in [-0.05, 0) is 124 Å². The van der Waals surface area contributed by atoms with Gasteiger partial charge in [0.05, 0.1) is 18.8 Å². The standard InChI is InChI=1S/C31H54O4Si/c1-19(18-32)21-11-12-22-25-23(14-16-30(21,22)7)31(8)15-13-20(35-36(9,10)28(2,3)4)17-24(31)26-27(25)34-29(5,6)33-26/h20,22-27,32H,11-18H2,1-10H3/t20-,22?,23?,24?,25?,26+,27+,30+,31+/m0/s1. The van der Waals surface area contributed by atoms with Crippen LogP contribution >= 0.6 is 0 Å². The van der Waals surface area contributed by atoms with Gasteiger partial charge in [-0.1, -0.05) is 40.2 Å². The van der Waals surface area contributed by atoms with E-state index in [1.807, 2.05) is 0 Å². The van der Waals surface area contributed by atoms with Gasteiger partial charge in [-0.25, -0.2) is 0 Å². The molecule has 0 aromatic carbocycles. The summed E-state index contributed by atoms with van der Waals surface area (Å²) in [4.78, 5) is 0. The molecule has 1 heterocycles. The van der Waals surface area contributed by atoms with Gasteiger partial charge in [0.15, 0.2) is 14.1 Å². The minimum absolute atomic E-state index is 0.159. The fraction of sp³-hybridized carbons (Fsp3) is 0.935. The third-order valence-electron chi connectivity index (χ3n) is 12.3. The van der Waals surface area contributed by atoms with E-state index in [0.717, 1.165) is 12.8 Å². The van der Waals surface area contributed by atoms with Crippen molar-refractivity contribution >= 4 is 8.32 Å². The van der Waals surface area contributed by atoms with Crippen LogP contribution in [0.5, 0.6) is 0 Å². The lowest BCUT2D eigenvalue weighted by molar-refractivity contribution is -0.181. The third kappa shape index (κ3) is 4.05. The SMILES string of the molecule is CC(CO)=C1CCC2C3C(CC[C@]12C)[C@@]1(C)CC[C@H](O[Si](C)(C)C(C)(C)C)CC1[C@H]1OC(C)(C)O[C@H]31. The maximum atomic E-state index is 9.99. The van der Waals surface area contributed by atoms with E-state index in [1.165, 1.54) is 37.7 Å². The van der Waals surface area contributed by atoms with Crippen LogP contribution in [0.1, 0.15) is 100 Å². The van der Waals surface area contributed by atoms with Gasteiger partial charge in [-0.15, -0.1) is 0 Å². The molecule has 206 valence electrons. The highest BCUT2D eigenvalue weighted by Gasteiger charge is 2.68. The second kappa shape index (κ2) is 8.65. The topological polar surface area (TPSA) is 47.9 Å². The fourth-order valence-electron chi connectivity index (χ4n) is 9.46. The summed E-state index contributed by atoms with van der Waals surface area (Å²) in [7, 11) is -1.82. The minimum Gasteiger partial charge on any atom is -0.414 e. The van der Waals surface area contributed by atoms with Crippen LogP contribution in [0.15, 0.2) is 11.1 Å². The van der Waals surface area contributed by atoms with Crippen LogP contribution in [-0.4, -0.2) is 44.1 Å². The van der Waals surface area contributed by atoms with Gasteiger partial charge in [0.2, 0.25) is 0 Å². The predicted octanol–water partition coefficient (Wildman–Crippen LogP) is 7.47. The Kier molecular flexibility index (Phi) is 6.57. The molecule has 9 atom stereocenters. The zero-order chi connectivity index (χ0) is 26.5. The van der Waals surface area contributed by atoms with Crippen molar-refractivity contribution in [2.75, 3.05) is 6.61 Å². The van der Waals surface area contributed by atoms with Crippen LogP contribution < -0.4 is 0 Å². The van der Waals surface area contributed by atoms with Crippen molar-refractivity contribution in [3.8, 4) is 0 Å². The molecule has 1 saturated heterocycles. The van der Waals surface area contributed by atoms with Crippen LogP contribution in [-0.2, 0) is 13.9 Å². The Bertz CT molecular complexity index is 903. The highest BCUT2D eigenvalue weighted by Crippen LogP contribution is 2.69. The molecule has 1 N–H and O–H groups in total. The predicted molar refractivity (Wildman–Crippen MR) is 148 cm³/mol. The summed E-state index contributed by atoms with van der Waals surface area (Å²) in [5.41, 5.74) is 3.23. The summed E-state index contributed by atoms with van der Waals surface area (Å²) >= 11 is 0. The van der Waals surface area contributed by atoms with E-state index < -0.39 is 14.1 Å². The molecule has 4 unspecified atom stereocenters. The Morgan fingerprint density at radius 3 is 2.28 bits per heavy atom. The summed E-state index contributed by atoms with van der Waals surface area (Å²) in [6.45, 7) is 23.6. The molecule has 5 aliphatic rings. The summed E-state index contributed by atoms with van der Waals surface area (Å²) in [6.07, 6.45) is 9.11. The maximum absolute atomic E-state index is 9.99. The molecule has 5 fully saturated rings. The number of ether oxygens (including phenoxy) is 2. The van der Waals surface area contributed by atoms with Gasteiger partial charge in [0, 0.05) is 6.10 Å². The van der Waals surface area contributed by atoms with E-state index in [2.05, 4.69) is 68.5 Å². The number of hydrogen-bond donors (Lipinski definition) is 1. The number of allylic oxidation sites excluding steroid dienone is 1. The highest BCUT2D eigenvalue weighted by atomic mass is 28.4. The molecule has 0 amide bonds. The Labute approximate surface area is 222 Å². The van der Waals surface area contributed by atoms with E-state index in [1.54, 1.807) is 5.57 Å². The number of rotatable bonds is 3. The van der Waals surface area contributed by atoms with E-state index in [4.69, 9.17) is 13.9 Å². The number of aliphatic hydroxyl groups excluding tert-OH is 1. The van der Waals surface area contributed by atoms with Crippen molar-refractivity contribution < 1.29 is 19.0 Å². The minimum atomic E-state index is -1.82. The van der Waals surface area contributed by atoms with E-state index in [-0.39, 0.29) is 34.7 Å². The van der Waals surface area contributed by atoms with Crippen LogP contribution in [0.2, 0.25) is 18.1 Å². The van der Waals surface area contributed by atoms with E-state index in [9.17, 15) is 5.11 Å². The van der Waals surface area contributed by atoms with Gasteiger partial charge < -0.3 is 19.0 Å². The van der Waals surface area contributed by atoms with Gasteiger partial charge >= 0.3 is 0 Å². The van der Waals surface area contributed by atoms with Gasteiger partial charge in [-0.3, -0.25) is 0 Å². The van der Waals surface area contributed by atoms with Crippen LogP contribution in [0.3, 0.4) is 0 Å². The highest BCUT2D eigenvalue weighted by molar-refractivity contribution is 6.74. The molecule has 0 bridgehead atoms. The molecule has 4 nitrogen and oxygen atoms in total. The molecule has 36 heavy (non-hydrogen) atoms. The molecule has 5 heteroatoms. The normalized spacial score (nSPS) is 47.6. The largest absolute Gasteiger partial charge is 0.414 e. The fourth-order valence-corrected chi connectivity index (χ4v) is 10.9. The first kappa shape index (κ1) is 27.4.